The van der Waals surface area contributed by atoms with E-state index < -0.39 is 5.54 Å². The predicted molar refractivity (Wildman–Crippen MR) is 102 cm³/mol. The molecule has 7 nitrogen and oxygen atoms in total. The van der Waals surface area contributed by atoms with E-state index in [-0.39, 0.29) is 17.6 Å². The zero-order valence-corrected chi connectivity index (χ0v) is 15.6. The number of thioether (sulfide) groups is 1. The largest absolute Gasteiger partial charge is 0.337 e. The van der Waals surface area contributed by atoms with Gasteiger partial charge in [-0.25, -0.2) is 14.6 Å². The van der Waals surface area contributed by atoms with Crippen LogP contribution >= 0.6 is 11.8 Å². The average molecular weight is 378 g/mol. The number of rotatable bonds is 6. The van der Waals surface area contributed by atoms with Crippen LogP contribution in [0.2, 0.25) is 0 Å². The van der Waals surface area contributed by atoms with Crippen LogP contribution in [0.25, 0.3) is 16.7 Å². The second-order valence-corrected chi connectivity index (χ2v) is 7.70. The molecule has 1 amide bonds. The van der Waals surface area contributed by atoms with Crippen LogP contribution in [0.5, 0.6) is 0 Å². The second kappa shape index (κ2) is 7.00. The van der Waals surface area contributed by atoms with Crippen LogP contribution in [0.4, 0.5) is 0 Å². The molecule has 3 aromatic rings. The molecule has 1 N–H and O–H groups in total. The Labute approximate surface area is 160 Å². The average Bonchev–Trinajstić information content (AvgIpc) is 3.47. The van der Waals surface area contributed by atoms with Gasteiger partial charge in [-0.05, 0) is 37.8 Å². The Bertz CT molecular complexity index is 1020. The summed E-state index contributed by atoms with van der Waals surface area (Å²) in [5, 5.41) is 18.2. The number of hydrogen-bond donors (Lipinski definition) is 1. The summed E-state index contributed by atoms with van der Waals surface area (Å²) >= 11 is 1.32. The van der Waals surface area contributed by atoms with Crippen molar-refractivity contribution >= 4 is 28.7 Å². The van der Waals surface area contributed by atoms with E-state index >= 15 is 0 Å². The zero-order valence-electron chi connectivity index (χ0n) is 14.8. The number of nitrogens with zero attached hydrogens (tertiary/aromatic N) is 5. The van der Waals surface area contributed by atoms with Crippen molar-refractivity contribution in [2.75, 3.05) is 5.75 Å². The van der Waals surface area contributed by atoms with E-state index in [1.165, 1.54) is 18.1 Å². The molecule has 2 heterocycles. The Morgan fingerprint density at radius 3 is 2.85 bits per heavy atom. The lowest BCUT2D eigenvalue weighted by Gasteiger charge is -2.22. The van der Waals surface area contributed by atoms with E-state index in [0.29, 0.717) is 10.7 Å². The number of nitrogens with one attached hydrogen (secondary N) is 1. The maximum atomic E-state index is 12.3. The molecule has 1 aliphatic rings. The summed E-state index contributed by atoms with van der Waals surface area (Å²) in [6.07, 6.45) is 5.17. The number of carbonyl (C=O) groups is 1. The SMILES string of the molecule is C[C@](C#N)(NC(=O)CSc1ncnc2c1cnn2-c1ccccc1)C1CC1. The summed E-state index contributed by atoms with van der Waals surface area (Å²) in [6.45, 7) is 1.79. The summed E-state index contributed by atoms with van der Waals surface area (Å²) in [7, 11) is 0. The fraction of sp³-hybridized carbons (Fsp3) is 0.316. The van der Waals surface area contributed by atoms with Crippen molar-refractivity contribution in [2.24, 2.45) is 5.92 Å². The van der Waals surface area contributed by atoms with Crippen LogP contribution in [-0.2, 0) is 4.79 Å². The van der Waals surface area contributed by atoms with Gasteiger partial charge in [0.05, 0.1) is 29.1 Å². The quantitative estimate of drug-likeness (QED) is 0.523. The van der Waals surface area contributed by atoms with E-state index in [1.807, 2.05) is 30.3 Å². The van der Waals surface area contributed by atoms with Crippen LogP contribution in [0.1, 0.15) is 19.8 Å². The molecule has 1 aliphatic carbocycles. The lowest BCUT2D eigenvalue weighted by Crippen LogP contribution is -2.47. The highest BCUT2D eigenvalue weighted by Crippen LogP contribution is 2.39. The van der Waals surface area contributed by atoms with Gasteiger partial charge in [-0.1, -0.05) is 30.0 Å². The Kier molecular flexibility index (Phi) is 4.54. The molecule has 1 saturated carbocycles. The van der Waals surface area contributed by atoms with E-state index in [0.717, 1.165) is 23.9 Å². The van der Waals surface area contributed by atoms with Gasteiger partial charge in [-0.2, -0.15) is 10.4 Å². The van der Waals surface area contributed by atoms with Crippen molar-refractivity contribution in [3.05, 3.63) is 42.9 Å². The Hall–Kier alpha value is -2.92. The second-order valence-electron chi connectivity index (χ2n) is 6.73. The molecule has 0 saturated heterocycles. The first-order valence-corrected chi connectivity index (χ1v) is 9.68. The number of hydrogen-bond acceptors (Lipinski definition) is 6. The number of aromatic nitrogens is 4. The molecule has 8 heteroatoms. The van der Waals surface area contributed by atoms with E-state index in [1.54, 1.807) is 17.8 Å². The molecule has 0 aliphatic heterocycles. The monoisotopic (exact) mass is 378 g/mol. The minimum atomic E-state index is -0.781. The lowest BCUT2D eigenvalue weighted by atomic mass is 9.98. The maximum Gasteiger partial charge on any atom is 0.231 e. The molecule has 136 valence electrons. The lowest BCUT2D eigenvalue weighted by molar-refractivity contribution is -0.119. The number of carbonyl (C=O) groups excluding carboxylic acids is 1. The molecule has 0 unspecified atom stereocenters. The van der Waals surface area contributed by atoms with Crippen molar-refractivity contribution < 1.29 is 4.79 Å². The van der Waals surface area contributed by atoms with Gasteiger partial charge in [-0.15, -0.1) is 0 Å². The predicted octanol–water partition coefficient (Wildman–Crippen LogP) is 2.72. The molecule has 0 radical (unpaired) electrons. The minimum absolute atomic E-state index is 0.168. The van der Waals surface area contributed by atoms with E-state index in [4.69, 9.17) is 0 Å². The van der Waals surface area contributed by atoms with E-state index in [2.05, 4.69) is 26.5 Å². The molecule has 2 aromatic heterocycles. The van der Waals surface area contributed by atoms with Gasteiger partial charge in [0, 0.05) is 0 Å². The Balaban J connectivity index is 1.51. The van der Waals surface area contributed by atoms with Gasteiger partial charge < -0.3 is 5.32 Å². The van der Waals surface area contributed by atoms with Gasteiger partial charge >= 0.3 is 0 Å². The summed E-state index contributed by atoms with van der Waals surface area (Å²) in [5.41, 5.74) is 0.824. The summed E-state index contributed by atoms with van der Waals surface area (Å²) in [4.78, 5) is 21.0. The van der Waals surface area contributed by atoms with Crippen molar-refractivity contribution in [3.63, 3.8) is 0 Å². The Morgan fingerprint density at radius 1 is 1.37 bits per heavy atom. The molecule has 1 fully saturated rings. The fourth-order valence-corrected chi connectivity index (χ4v) is 3.80. The number of para-hydroxylation sites is 1. The molecular weight excluding hydrogens is 360 g/mol. The smallest absolute Gasteiger partial charge is 0.231 e. The van der Waals surface area contributed by atoms with E-state index in [9.17, 15) is 10.1 Å². The molecule has 27 heavy (non-hydrogen) atoms. The van der Waals surface area contributed by atoms with Crippen LogP contribution in [0.15, 0.2) is 47.9 Å². The van der Waals surface area contributed by atoms with Crippen molar-refractivity contribution in [3.8, 4) is 11.8 Å². The van der Waals surface area contributed by atoms with Gasteiger partial charge in [0.25, 0.3) is 0 Å². The molecule has 4 rings (SSSR count). The third-order valence-electron chi connectivity index (χ3n) is 4.70. The molecule has 0 bridgehead atoms. The molecule has 0 spiro atoms. The summed E-state index contributed by atoms with van der Waals surface area (Å²) in [6, 6.07) is 12.0. The number of nitriles is 1. The normalized spacial score (nSPS) is 15.9. The third-order valence-corrected chi connectivity index (χ3v) is 5.70. The molecule has 1 atom stereocenters. The summed E-state index contributed by atoms with van der Waals surface area (Å²) in [5.74, 6) is 0.275. The van der Waals surface area contributed by atoms with Gasteiger partial charge in [-0.3, -0.25) is 4.79 Å². The highest BCUT2D eigenvalue weighted by molar-refractivity contribution is 8.00. The highest BCUT2D eigenvalue weighted by atomic mass is 32.2. The Morgan fingerprint density at radius 2 is 2.15 bits per heavy atom. The van der Waals surface area contributed by atoms with Gasteiger partial charge in [0.1, 0.15) is 16.9 Å². The van der Waals surface area contributed by atoms with Crippen molar-refractivity contribution in [2.45, 2.75) is 30.3 Å². The van der Waals surface area contributed by atoms with Gasteiger partial charge in [0.15, 0.2) is 5.65 Å². The molecule has 1 aromatic carbocycles. The maximum absolute atomic E-state index is 12.3. The first-order valence-electron chi connectivity index (χ1n) is 8.70. The number of fused-ring (bicyclic) bond motifs is 1. The van der Waals surface area contributed by atoms with Gasteiger partial charge in [0.2, 0.25) is 5.91 Å². The van der Waals surface area contributed by atoms with Crippen molar-refractivity contribution in [1.82, 2.24) is 25.1 Å². The number of amides is 1. The minimum Gasteiger partial charge on any atom is -0.337 e. The van der Waals surface area contributed by atoms with Crippen LogP contribution in [-0.4, -0.2) is 36.9 Å². The number of benzene rings is 1. The first-order chi connectivity index (χ1) is 13.1. The fourth-order valence-electron chi connectivity index (χ4n) is 3.04. The standard InChI is InChI=1S/C19H18N6OS/c1-19(11-20,13-7-8-13)24-16(26)10-27-18-15-9-23-25(17(15)21-12-22-18)14-5-3-2-4-6-14/h2-6,9,12-13H,7-8,10H2,1H3,(H,24,26)/t19-/m1/s1. The topological polar surface area (TPSA) is 96.5 Å². The summed E-state index contributed by atoms with van der Waals surface area (Å²) < 4.78 is 1.75. The molecular formula is C19H18N6OS. The highest BCUT2D eigenvalue weighted by Gasteiger charge is 2.42. The van der Waals surface area contributed by atoms with Crippen molar-refractivity contribution in [1.29, 1.82) is 5.26 Å². The van der Waals surface area contributed by atoms with Crippen LogP contribution in [0, 0.1) is 17.2 Å². The van der Waals surface area contributed by atoms with Crippen LogP contribution < -0.4 is 5.32 Å². The zero-order chi connectivity index (χ0) is 18.9. The third kappa shape index (κ3) is 3.51. The van der Waals surface area contributed by atoms with Crippen LogP contribution in [0.3, 0.4) is 0 Å². The first kappa shape index (κ1) is 17.5.